The van der Waals surface area contributed by atoms with Crippen LogP contribution in [0, 0.1) is 5.82 Å². The number of carbonyl (C=O) groups excluding carboxylic acids is 3. The third-order valence-electron chi connectivity index (χ3n) is 2.27. The van der Waals surface area contributed by atoms with Gasteiger partial charge in [0.2, 0.25) is 0 Å². The molecule has 0 aliphatic carbocycles. The molecule has 0 saturated heterocycles. The number of nitrogens with one attached hydrogen (secondary N) is 2. The van der Waals surface area contributed by atoms with Crippen LogP contribution in [0.1, 0.15) is 23.7 Å². The number of esters is 1. The van der Waals surface area contributed by atoms with Crippen LogP contribution in [0.2, 0.25) is 0 Å². The molecule has 0 saturated carbocycles. The minimum atomic E-state index is -0.988. The van der Waals surface area contributed by atoms with Crippen molar-refractivity contribution in [3.05, 3.63) is 34.1 Å². The van der Waals surface area contributed by atoms with Crippen LogP contribution < -0.4 is 10.6 Å². The predicted octanol–water partition coefficient (Wildman–Crippen LogP) is 1.98. The molecule has 8 heteroatoms. The molecule has 0 unspecified atom stereocenters. The first-order valence-corrected chi connectivity index (χ1v) is 6.93. The minimum Gasteiger partial charge on any atom is -0.452 e. The van der Waals surface area contributed by atoms with Crippen molar-refractivity contribution in [1.82, 2.24) is 10.6 Å². The van der Waals surface area contributed by atoms with Crippen LogP contribution in [-0.2, 0) is 9.53 Å². The van der Waals surface area contributed by atoms with Gasteiger partial charge in [-0.25, -0.2) is 14.0 Å². The van der Waals surface area contributed by atoms with E-state index < -0.39 is 30.3 Å². The molecule has 0 heterocycles. The van der Waals surface area contributed by atoms with E-state index in [2.05, 4.69) is 26.0 Å². The predicted molar refractivity (Wildman–Crippen MR) is 76.2 cm³/mol. The Bertz CT molecular complexity index is 551. The van der Waals surface area contributed by atoms with Gasteiger partial charge in [-0.3, -0.25) is 10.1 Å². The minimum absolute atomic E-state index is 0.299. The Balaban J connectivity index is 2.47. The van der Waals surface area contributed by atoms with Crippen LogP contribution in [0.5, 0.6) is 0 Å². The molecule has 1 aromatic rings. The van der Waals surface area contributed by atoms with Crippen molar-refractivity contribution in [2.75, 3.05) is 13.2 Å². The van der Waals surface area contributed by atoms with Crippen LogP contribution in [-0.4, -0.2) is 31.1 Å². The Labute approximate surface area is 129 Å². The number of ether oxygens (including phenoxy) is 1. The molecule has 2 N–H and O–H groups in total. The van der Waals surface area contributed by atoms with Crippen LogP contribution >= 0.6 is 15.9 Å². The lowest BCUT2D eigenvalue weighted by Crippen LogP contribution is -2.41. The van der Waals surface area contributed by atoms with Crippen LogP contribution in [0.3, 0.4) is 0 Å². The molecule has 1 rings (SSSR count). The number of imide groups is 1. The molecule has 0 fully saturated rings. The van der Waals surface area contributed by atoms with Gasteiger partial charge in [-0.15, -0.1) is 0 Å². The largest absolute Gasteiger partial charge is 0.452 e. The molecule has 114 valence electrons. The summed E-state index contributed by atoms with van der Waals surface area (Å²) in [4.78, 5) is 34.1. The highest BCUT2D eigenvalue weighted by Gasteiger charge is 2.16. The lowest BCUT2D eigenvalue weighted by molar-refractivity contribution is -0.123. The zero-order valence-corrected chi connectivity index (χ0v) is 12.8. The fourth-order valence-corrected chi connectivity index (χ4v) is 1.67. The molecule has 0 spiro atoms. The Morgan fingerprint density at radius 2 is 2.05 bits per heavy atom. The van der Waals surface area contributed by atoms with E-state index in [1.165, 1.54) is 12.1 Å². The van der Waals surface area contributed by atoms with E-state index in [1.54, 1.807) is 0 Å². The summed E-state index contributed by atoms with van der Waals surface area (Å²) in [6.07, 6.45) is 0.721. The molecule has 21 heavy (non-hydrogen) atoms. The molecule has 3 amide bonds. The van der Waals surface area contributed by atoms with E-state index in [1.807, 2.05) is 12.2 Å². The number of hydrogen-bond acceptors (Lipinski definition) is 4. The van der Waals surface area contributed by atoms with Gasteiger partial charge in [0.15, 0.2) is 6.61 Å². The number of benzene rings is 1. The van der Waals surface area contributed by atoms with Gasteiger partial charge >= 0.3 is 12.0 Å². The van der Waals surface area contributed by atoms with Gasteiger partial charge < -0.3 is 10.1 Å². The highest BCUT2D eigenvalue weighted by molar-refractivity contribution is 9.10. The van der Waals surface area contributed by atoms with Gasteiger partial charge in [-0.05, 0) is 24.6 Å². The summed E-state index contributed by atoms with van der Waals surface area (Å²) in [5, 5.41) is 4.40. The Kier molecular flexibility index (Phi) is 6.80. The first-order chi connectivity index (χ1) is 9.93. The standard InChI is InChI=1S/C13H14BrFN2O4/c1-2-5-16-13(20)17-11(18)7-21-12(19)9-6-8(14)3-4-10(9)15/h3-4,6H,2,5,7H2,1H3,(H2,16,17,18,20). The second-order valence-electron chi connectivity index (χ2n) is 4.00. The maximum atomic E-state index is 13.4. The summed E-state index contributed by atoms with van der Waals surface area (Å²) < 4.78 is 18.5. The molecule has 0 atom stereocenters. The SMILES string of the molecule is CCCNC(=O)NC(=O)COC(=O)c1cc(Br)ccc1F. The molecule has 0 radical (unpaired) electrons. The number of rotatable bonds is 5. The van der Waals surface area contributed by atoms with Crippen molar-refractivity contribution in [3.8, 4) is 0 Å². The lowest BCUT2D eigenvalue weighted by atomic mass is 10.2. The third-order valence-corrected chi connectivity index (χ3v) is 2.76. The molecule has 6 nitrogen and oxygen atoms in total. The third kappa shape index (κ3) is 5.90. The van der Waals surface area contributed by atoms with Crippen LogP contribution in [0.15, 0.2) is 22.7 Å². The number of hydrogen-bond donors (Lipinski definition) is 2. The fraction of sp³-hybridized carbons (Fsp3) is 0.308. The Morgan fingerprint density at radius 3 is 2.71 bits per heavy atom. The number of halogens is 2. The van der Waals surface area contributed by atoms with E-state index in [0.717, 1.165) is 12.5 Å². The summed E-state index contributed by atoms with van der Waals surface area (Å²) in [6.45, 7) is 1.60. The van der Waals surface area contributed by atoms with Crippen molar-refractivity contribution in [1.29, 1.82) is 0 Å². The van der Waals surface area contributed by atoms with Crippen molar-refractivity contribution in [2.24, 2.45) is 0 Å². The number of urea groups is 1. The zero-order valence-electron chi connectivity index (χ0n) is 11.2. The summed E-state index contributed by atoms with van der Waals surface area (Å²) >= 11 is 3.09. The molecular formula is C13H14BrFN2O4. The summed E-state index contributed by atoms with van der Waals surface area (Å²) in [6, 6.07) is 3.09. The monoisotopic (exact) mass is 360 g/mol. The zero-order chi connectivity index (χ0) is 15.8. The van der Waals surface area contributed by atoms with Crippen molar-refractivity contribution in [2.45, 2.75) is 13.3 Å². The molecular weight excluding hydrogens is 347 g/mol. The van der Waals surface area contributed by atoms with Crippen molar-refractivity contribution in [3.63, 3.8) is 0 Å². The number of carbonyl (C=O) groups is 3. The highest BCUT2D eigenvalue weighted by atomic mass is 79.9. The topological polar surface area (TPSA) is 84.5 Å². The fourth-order valence-electron chi connectivity index (χ4n) is 1.31. The Hall–Kier alpha value is -1.96. The molecule has 1 aromatic carbocycles. The average Bonchev–Trinajstić information content (AvgIpc) is 2.45. The lowest BCUT2D eigenvalue weighted by Gasteiger charge is -2.07. The molecule has 0 aliphatic heterocycles. The van der Waals surface area contributed by atoms with Crippen molar-refractivity contribution >= 4 is 33.8 Å². The molecule has 0 bridgehead atoms. The first kappa shape index (κ1) is 17.1. The number of amides is 3. The van der Waals surface area contributed by atoms with E-state index in [0.29, 0.717) is 11.0 Å². The second-order valence-corrected chi connectivity index (χ2v) is 4.92. The van der Waals surface area contributed by atoms with Gasteiger partial charge in [0.1, 0.15) is 5.82 Å². The Morgan fingerprint density at radius 1 is 1.33 bits per heavy atom. The molecule has 0 aromatic heterocycles. The van der Waals surface area contributed by atoms with Gasteiger partial charge in [0, 0.05) is 11.0 Å². The normalized spacial score (nSPS) is 9.86. The first-order valence-electron chi connectivity index (χ1n) is 6.14. The van der Waals surface area contributed by atoms with E-state index >= 15 is 0 Å². The summed E-state index contributed by atoms with van der Waals surface area (Å²) in [5.41, 5.74) is -0.299. The average molecular weight is 361 g/mol. The van der Waals surface area contributed by atoms with Gasteiger partial charge in [0.25, 0.3) is 5.91 Å². The van der Waals surface area contributed by atoms with Gasteiger partial charge in [0.05, 0.1) is 5.56 Å². The second kappa shape index (κ2) is 8.35. The van der Waals surface area contributed by atoms with Crippen LogP contribution in [0.25, 0.3) is 0 Å². The molecule has 0 aliphatic rings. The van der Waals surface area contributed by atoms with E-state index in [-0.39, 0.29) is 5.56 Å². The maximum Gasteiger partial charge on any atom is 0.341 e. The van der Waals surface area contributed by atoms with Gasteiger partial charge in [-0.2, -0.15) is 0 Å². The summed E-state index contributed by atoms with van der Waals surface area (Å²) in [5.74, 6) is -2.55. The smallest absolute Gasteiger partial charge is 0.341 e. The van der Waals surface area contributed by atoms with E-state index in [9.17, 15) is 18.8 Å². The highest BCUT2D eigenvalue weighted by Crippen LogP contribution is 2.16. The van der Waals surface area contributed by atoms with Crippen molar-refractivity contribution < 1.29 is 23.5 Å². The van der Waals surface area contributed by atoms with E-state index in [4.69, 9.17) is 0 Å². The van der Waals surface area contributed by atoms with Crippen LogP contribution in [0.4, 0.5) is 9.18 Å². The summed E-state index contributed by atoms with van der Waals surface area (Å²) in [7, 11) is 0. The quantitative estimate of drug-likeness (QED) is 0.786. The van der Waals surface area contributed by atoms with Gasteiger partial charge in [-0.1, -0.05) is 22.9 Å². The maximum absolute atomic E-state index is 13.4.